The fraction of sp³-hybridized carbons (Fsp3) is 0.654. The van der Waals surface area contributed by atoms with Crippen molar-refractivity contribution in [3.8, 4) is 0 Å². The molecule has 0 bridgehead atoms. The molecule has 1 aliphatic heterocycles. The number of rotatable bonds is 9. The van der Waals surface area contributed by atoms with Gasteiger partial charge in [-0.2, -0.15) is 0 Å². The highest BCUT2D eigenvalue weighted by Gasteiger charge is 2.29. The molecule has 0 aromatic heterocycles. The van der Waals surface area contributed by atoms with Crippen LogP contribution in [0.15, 0.2) is 24.3 Å². The van der Waals surface area contributed by atoms with Gasteiger partial charge in [0.15, 0.2) is 0 Å². The highest BCUT2D eigenvalue weighted by Crippen LogP contribution is 2.19. The predicted octanol–water partition coefficient (Wildman–Crippen LogP) is 3.41. The van der Waals surface area contributed by atoms with E-state index in [1.807, 2.05) is 24.3 Å². The number of nitrogens with zero attached hydrogens (tertiary/aromatic N) is 2. The Kier molecular flexibility index (Phi) is 10.4. The Morgan fingerprint density at radius 2 is 1.76 bits per heavy atom. The fourth-order valence-corrected chi connectivity index (χ4v) is 4.01. The normalized spacial score (nSPS) is 16.5. The summed E-state index contributed by atoms with van der Waals surface area (Å²) < 4.78 is 5.18. The molecule has 0 radical (unpaired) electrons. The minimum atomic E-state index is -0.560. The summed E-state index contributed by atoms with van der Waals surface area (Å²) in [6.07, 6.45) is 1.03. The van der Waals surface area contributed by atoms with Gasteiger partial charge in [-0.15, -0.1) is 0 Å². The van der Waals surface area contributed by atoms with Crippen LogP contribution >= 0.6 is 0 Å². The van der Waals surface area contributed by atoms with E-state index in [1.165, 1.54) is 5.56 Å². The van der Waals surface area contributed by atoms with Crippen molar-refractivity contribution in [1.29, 1.82) is 0 Å². The molecule has 8 nitrogen and oxygen atoms in total. The van der Waals surface area contributed by atoms with Crippen molar-refractivity contribution in [3.63, 3.8) is 0 Å². The van der Waals surface area contributed by atoms with Crippen molar-refractivity contribution >= 4 is 17.9 Å². The number of nitrogens with one attached hydrogen (secondary N) is 2. The number of likely N-dealkylation sites (tertiary alicyclic amines) is 1. The smallest absolute Gasteiger partial charge is 0.407 e. The number of amides is 3. The Balaban J connectivity index is 1.82. The first-order valence-corrected chi connectivity index (χ1v) is 12.4. The summed E-state index contributed by atoms with van der Waals surface area (Å²) in [6, 6.07) is 8.28. The van der Waals surface area contributed by atoms with Crippen molar-refractivity contribution in [2.24, 2.45) is 5.92 Å². The number of hydrogen-bond donors (Lipinski definition) is 2. The Morgan fingerprint density at radius 3 is 2.35 bits per heavy atom. The second-order valence-corrected chi connectivity index (χ2v) is 10.2. The maximum Gasteiger partial charge on any atom is 0.407 e. The molecule has 190 valence electrons. The average Bonchev–Trinajstić information content (AvgIpc) is 2.78. The summed E-state index contributed by atoms with van der Waals surface area (Å²) in [4.78, 5) is 41.5. The molecule has 1 unspecified atom stereocenters. The summed E-state index contributed by atoms with van der Waals surface area (Å²) in [5.74, 6) is -0.373. The number of carbonyl (C=O) groups excluding carboxylic acids is 3. The maximum atomic E-state index is 13.0. The number of carbonyl (C=O) groups is 3. The summed E-state index contributed by atoms with van der Waals surface area (Å²) in [5.41, 5.74) is 1.28. The monoisotopic (exact) mass is 474 g/mol. The van der Waals surface area contributed by atoms with Gasteiger partial charge in [-0.05, 0) is 71.7 Å². The standard InChI is InChI=1S/C26H42N4O4/c1-7-29(19(2)3)17-20-10-12-21(13-11-20)24(32)30-16-8-9-22(18-30)23(31)27-14-15-28-25(33)34-26(4,5)6/h10-13,19,22H,7-9,14-18H2,1-6H3,(H,27,31)(H,28,33). The maximum absolute atomic E-state index is 13.0. The lowest BCUT2D eigenvalue weighted by molar-refractivity contribution is -0.126. The Morgan fingerprint density at radius 1 is 1.12 bits per heavy atom. The van der Waals surface area contributed by atoms with E-state index in [0.29, 0.717) is 31.2 Å². The molecule has 1 aliphatic rings. The van der Waals surface area contributed by atoms with E-state index in [-0.39, 0.29) is 24.3 Å². The number of alkyl carbamates (subject to hydrolysis) is 1. The van der Waals surface area contributed by atoms with E-state index in [4.69, 9.17) is 4.74 Å². The van der Waals surface area contributed by atoms with Gasteiger partial charge in [0.05, 0.1) is 5.92 Å². The van der Waals surface area contributed by atoms with E-state index in [2.05, 4.69) is 36.3 Å². The van der Waals surface area contributed by atoms with Crippen LogP contribution in [-0.2, 0) is 16.1 Å². The third-order valence-electron chi connectivity index (χ3n) is 5.89. The van der Waals surface area contributed by atoms with Crippen molar-refractivity contribution in [3.05, 3.63) is 35.4 Å². The zero-order valence-electron chi connectivity index (χ0n) is 21.6. The van der Waals surface area contributed by atoms with E-state index in [9.17, 15) is 14.4 Å². The van der Waals surface area contributed by atoms with Gasteiger partial charge in [-0.25, -0.2) is 4.79 Å². The molecule has 2 N–H and O–H groups in total. The third kappa shape index (κ3) is 8.97. The molecule has 8 heteroatoms. The first-order chi connectivity index (χ1) is 16.0. The molecule has 0 spiro atoms. The minimum absolute atomic E-state index is 0.0353. The summed E-state index contributed by atoms with van der Waals surface area (Å²) in [7, 11) is 0. The summed E-state index contributed by atoms with van der Waals surface area (Å²) in [6.45, 7) is 15.4. The van der Waals surface area contributed by atoms with Crippen LogP contribution in [0.25, 0.3) is 0 Å². The molecule has 1 aromatic rings. The molecule has 0 saturated carbocycles. The highest BCUT2D eigenvalue weighted by molar-refractivity contribution is 5.94. The van der Waals surface area contributed by atoms with E-state index < -0.39 is 11.7 Å². The zero-order chi connectivity index (χ0) is 25.3. The Hall–Kier alpha value is -2.61. The molecule has 1 saturated heterocycles. The zero-order valence-corrected chi connectivity index (χ0v) is 21.6. The summed E-state index contributed by atoms with van der Waals surface area (Å²) >= 11 is 0. The molecule has 1 heterocycles. The first kappa shape index (κ1) is 27.6. The number of piperidine rings is 1. The SMILES string of the molecule is CCN(Cc1ccc(C(=O)N2CCCC(C(=O)NCCNC(=O)OC(C)(C)C)C2)cc1)C(C)C. The van der Waals surface area contributed by atoms with Crippen LogP contribution in [-0.4, -0.2) is 72.1 Å². The number of ether oxygens (including phenoxy) is 1. The van der Waals surface area contributed by atoms with Crippen LogP contribution < -0.4 is 10.6 Å². The van der Waals surface area contributed by atoms with Crippen LogP contribution in [0.2, 0.25) is 0 Å². The van der Waals surface area contributed by atoms with Gasteiger partial charge in [-0.1, -0.05) is 19.1 Å². The van der Waals surface area contributed by atoms with Gasteiger partial charge in [-0.3, -0.25) is 14.5 Å². The fourth-order valence-electron chi connectivity index (χ4n) is 4.01. The quantitative estimate of drug-likeness (QED) is 0.535. The number of benzene rings is 1. The molecular formula is C26H42N4O4. The van der Waals surface area contributed by atoms with Gasteiger partial charge < -0.3 is 20.3 Å². The lowest BCUT2D eigenvalue weighted by Gasteiger charge is -2.32. The van der Waals surface area contributed by atoms with Crippen LogP contribution in [0.5, 0.6) is 0 Å². The molecule has 2 rings (SSSR count). The molecule has 1 fully saturated rings. The van der Waals surface area contributed by atoms with Crippen molar-refractivity contribution < 1.29 is 19.1 Å². The van der Waals surface area contributed by atoms with Crippen LogP contribution in [0.4, 0.5) is 4.79 Å². The van der Waals surface area contributed by atoms with Crippen molar-refractivity contribution in [2.45, 2.75) is 72.6 Å². The second-order valence-electron chi connectivity index (χ2n) is 10.2. The van der Waals surface area contributed by atoms with E-state index >= 15 is 0 Å². The predicted molar refractivity (Wildman–Crippen MR) is 134 cm³/mol. The van der Waals surface area contributed by atoms with Crippen LogP contribution in [0.3, 0.4) is 0 Å². The van der Waals surface area contributed by atoms with Gasteiger partial charge >= 0.3 is 6.09 Å². The van der Waals surface area contributed by atoms with Crippen molar-refractivity contribution in [2.75, 3.05) is 32.7 Å². The second kappa shape index (κ2) is 12.7. The van der Waals surface area contributed by atoms with Gasteiger partial charge in [0.25, 0.3) is 5.91 Å². The molecule has 3 amide bonds. The minimum Gasteiger partial charge on any atom is -0.444 e. The first-order valence-electron chi connectivity index (χ1n) is 12.4. The Labute approximate surface area is 204 Å². The van der Waals surface area contributed by atoms with Crippen LogP contribution in [0, 0.1) is 5.92 Å². The largest absolute Gasteiger partial charge is 0.444 e. The van der Waals surface area contributed by atoms with E-state index in [1.54, 1.807) is 25.7 Å². The van der Waals surface area contributed by atoms with Gasteiger partial charge in [0, 0.05) is 44.3 Å². The third-order valence-corrected chi connectivity index (χ3v) is 5.89. The van der Waals surface area contributed by atoms with Crippen molar-refractivity contribution in [1.82, 2.24) is 20.4 Å². The number of hydrogen-bond acceptors (Lipinski definition) is 5. The highest BCUT2D eigenvalue weighted by atomic mass is 16.6. The Bertz CT molecular complexity index is 817. The van der Waals surface area contributed by atoms with Gasteiger partial charge in [0.2, 0.25) is 5.91 Å². The molecule has 1 atom stereocenters. The molecular weight excluding hydrogens is 432 g/mol. The van der Waals surface area contributed by atoms with Gasteiger partial charge in [0.1, 0.15) is 5.60 Å². The lowest BCUT2D eigenvalue weighted by Crippen LogP contribution is -2.46. The topological polar surface area (TPSA) is 91.0 Å². The van der Waals surface area contributed by atoms with Crippen LogP contribution in [0.1, 0.15) is 70.3 Å². The lowest BCUT2D eigenvalue weighted by atomic mass is 9.96. The molecule has 34 heavy (non-hydrogen) atoms. The molecule has 1 aromatic carbocycles. The average molecular weight is 475 g/mol. The molecule has 0 aliphatic carbocycles. The summed E-state index contributed by atoms with van der Waals surface area (Å²) in [5, 5.41) is 5.49. The van der Waals surface area contributed by atoms with E-state index in [0.717, 1.165) is 25.9 Å².